The summed E-state index contributed by atoms with van der Waals surface area (Å²) in [7, 11) is 0. The smallest absolute Gasteiger partial charge is 0.246 e. The Bertz CT molecular complexity index is 563. The molecule has 3 N–H and O–H groups in total. The molecule has 0 bridgehead atoms. The fourth-order valence-corrected chi connectivity index (χ4v) is 2.97. The number of fused-ring (bicyclic) bond motifs is 1. The van der Waals surface area contributed by atoms with Gasteiger partial charge >= 0.3 is 0 Å². The third-order valence-electron chi connectivity index (χ3n) is 4.11. The number of hydrogen-bond donors (Lipinski definition) is 2. The molecule has 1 fully saturated rings. The molecule has 1 heterocycles. The molecule has 3 rings (SSSR count). The van der Waals surface area contributed by atoms with Crippen LogP contribution in [0.3, 0.4) is 0 Å². The van der Waals surface area contributed by atoms with Crippen LogP contribution in [0.25, 0.3) is 0 Å². The van der Waals surface area contributed by atoms with Crippen LogP contribution in [0, 0.1) is 0 Å². The number of carbonyl (C=O) groups is 1. The quantitative estimate of drug-likeness (QED) is 0.878. The van der Waals surface area contributed by atoms with Crippen molar-refractivity contribution in [3.05, 3.63) is 18.2 Å². The highest BCUT2D eigenvalue weighted by Crippen LogP contribution is 2.40. The lowest BCUT2D eigenvalue weighted by molar-refractivity contribution is -0.122. The fourth-order valence-electron chi connectivity index (χ4n) is 2.97. The van der Waals surface area contributed by atoms with Gasteiger partial charge in [-0.25, -0.2) is 0 Å². The topological polar surface area (TPSA) is 73.6 Å². The van der Waals surface area contributed by atoms with Crippen LogP contribution in [0.2, 0.25) is 0 Å². The van der Waals surface area contributed by atoms with Crippen LogP contribution in [0.1, 0.15) is 46.0 Å². The Balaban J connectivity index is 1.73. The van der Waals surface area contributed by atoms with Crippen molar-refractivity contribution in [1.82, 2.24) is 0 Å². The number of nitrogens with two attached hydrogens (primary N) is 1. The molecular formula is C16H22N2O3. The lowest BCUT2D eigenvalue weighted by Gasteiger charge is -2.31. The van der Waals surface area contributed by atoms with Crippen LogP contribution in [-0.4, -0.2) is 17.2 Å². The Morgan fingerprint density at radius 3 is 2.52 bits per heavy atom. The molecule has 21 heavy (non-hydrogen) atoms. The summed E-state index contributed by atoms with van der Waals surface area (Å²) in [6, 6.07) is 5.41. The molecule has 0 atom stereocenters. The molecule has 0 saturated heterocycles. The van der Waals surface area contributed by atoms with E-state index < -0.39 is 11.3 Å². The van der Waals surface area contributed by atoms with E-state index in [4.69, 9.17) is 15.2 Å². The van der Waals surface area contributed by atoms with E-state index in [9.17, 15) is 4.79 Å². The normalized spacial score (nSPS) is 21.9. The van der Waals surface area contributed by atoms with Gasteiger partial charge in [0.2, 0.25) is 11.7 Å². The Hall–Kier alpha value is -1.75. The van der Waals surface area contributed by atoms with Gasteiger partial charge in [0, 0.05) is 25.6 Å². The summed E-state index contributed by atoms with van der Waals surface area (Å²) in [5.74, 6) is 0.564. The van der Waals surface area contributed by atoms with Gasteiger partial charge in [0.05, 0.1) is 5.54 Å². The number of ether oxygens (including phenoxy) is 2. The first-order valence-corrected chi connectivity index (χ1v) is 7.50. The summed E-state index contributed by atoms with van der Waals surface area (Å²) >= 11 is 0. The summed E-state index contributed by atoms with van der Waals surface area (Å²) in [6.07, 6.45) is 4.68. The number of benzene rings is 1. The first-order chi connectivity index (χ1) is 9.88. The summed E-state index contributed by atoms with van der Waals surface area (Å²) in [4.78, 5) is 12.4. The van der Waals surface area contributed by atoms with E-state index in [1.165, 1.54) is 0 Å². The Labute approximate surface area is 124 Å². The predicted octanol–water partition coefficient (Wildman–Crippen LogP) is 2.79. The van der Waals surface area contributed by atoms with Gasteiger partial charge in [0.1, 0.15) is 0 Å². The lowest BCUT2D eigenvalue weighted by Crippen LogP contribution is -2.52. The van der Waals surface area contributed by atoms with Crippen LogP contribution in [0.5, 0.6) is 11.5 Å². The van der Waals surface area contributed by atoms with E-state index >= 15 is 0 Å². The van der Waals surface area contributed by atoms with Gasteiger partial charge in [0.15, 0.2) is 11.5 Å². The minimum absolute atomic E-state index is 0.111. The summed E-state index contributed by atoms with van der Waals surface area (Å²) in [5, 5.41) is 2.91. The maximum atomic E-state index is 12.4. The largest absolute Gasteiger partial charge is 0.449 e. The third-order valence-corrected chi connectivity index (χ3v) is 4.11. The molecule has 114 valence electrons. The number of rotatable bonds is 2. The van der Waals surface area contributed by atoms with E-state index in [2.05, 4.69) is 5.32 Å². The highest BCUT2D eigenvalue weighted by atomic mass is 16.7. The molecule has 5 nitrogen and oxygen atoms in total. The number of nitrogens with one attached hydrogen (secondary N) is 1. The van der Waals surface area contributed by atoms with Crippen LogP contribution in [0.15, 0.2) is 18.2 Å². The van der Waals surface area contributed by atoms with E-state index in [0.717, 1.165) is 32.1 Å². The molecule has 0 radical (unpaired) electrons. The SMILES string of the molecule is CC1(C)Oc2ccc(NC(=O)C3(N)CCCCC3)cc2O1. The molecule has 1 saturated carbocycles. The van der Waals surface area contributed by atoms with Gasteiger partial charge in [-0.2, -0.15) is 0 Å². The molecule has 0 unspecified atom stereocenters. The van der Waals surface area contributed by atoms with E-state index in [1.807, 2.05) is 26.0 Å². The molecule has 5 heteroatoms. The van der Waals surface area contributed by atoms with Crippen molar-refractivity contribution < 1.29 is 14.3 Å². The van der Waals surface area contributed by atoms with Crippen LogP contribution < -0.4 is 20.5 Å². The van der Waals surface area contributed by atoms with Gasteiger partial charge in [-0.3, -0.25) is 4.79 Å². The average molecular weight is 290 g/mol. The highest BCUT2D eigenvalue weighted by molar-refractivity contribution is 5.98. The van der Waals surface area contributed by atoms with Crippen molar-refractivity contribution in [2.45, 2.75) is 57.3 Å². The van der Waals surface area contributed by atoms with Crippen molar-refractivity contribution in [1.29, 1.82) is 0 Å². The zero-order valence-corrected chi connectivity index (χ0v) is 12.6. The van der Waals surface area contributed by atoms with Gasteiger partial charge < -0.3 is 20.5 Å². The molecule has 1 aromatic rings. The van der Waals surface area contributed by atoms with Gasteiger partial charge in [0.25, 0.3) is 0 Å². The first-order valence-electron chi connectivity index (χ1n) is 7.50. The maximum absolute atomic E-state index is 12.4. The molecular weight excluding hydrogens is 268 g/mol. The lowest BCUT2D eigenvalue weighted by atomic mass is 9.82. The van der Waals surface area contributed by atoms with Crippen molar-refractivity contribution in [3.8, 4) is 11.5 Å². The van der Waals surface area contributed by atoms with Crippen molar-refractivity contribution in [2.75, 3.05) is 5.32 Å². The van der Waals surface area contributed by atoms with Crippen LogP contribution in [-0.2, 0) is 4.79 Å². The second-order valence-corrected chi connectivity index (χ2v) is 6.44. The Kier molecular flexibility index (Phi) is 3.32. The average Bonchev–Trinajstić information content (AvgIpc) is 2.72. The predicted molar refractivity (Wildman–Crippen MR) is 80.4 cm³/mol. The van der Waals surface area contributed by atoms with E-state index in [0.29, 0.717) is 17.2 Å². The number of carbonyl (C=O) groups excluding carboxylic acids is 1. The fraction of sp³-hybridized carbons (Fsp3) is 0.562. The van der Waals surface area contributed by atoms with Crippen molar-refractivity contribution >= 4 is 11.6 Å². The van der Waals surface area contributed by atoms with Crippen LogP contribution >= 0.6 is 0 Å². The summed E-state index contributed by atoms with van der Waals surface area (Å²) in [6.45, 7) is 3.70. The molecule has 1 amide bonds. The van der Waals surface area contributed by atoms with E-state index in [-0.39, 0.29) is 5.91 Å². The molecule has 1 aliphatic carbocycles. The highest BCUT2D eigenvalue weighted by Gasteiger charge is 2.36. The zero-order valence-electron chi connectivity index (χ0n) is 12.6. The molecule has 0 spiro atoms. The van der Waals surface area contributed by atoms with Crippen molar-refractivity contribution in [2.24, 2.45) is 5.73 Å². The zero-order chi connectivity index (χ0) is 15.1. The second-order valence-electron chi connectivity index (χ2n) is 6.44. The van der Waals surface area contributed by atoms with Gasteiger partial charge in [-0.1, -0.05) is 19.3 Å². The van der Waals surface area contributed by atoms with Crippen LogP contribution in [0.4, 0.5) is 5.69 Å². The first kappa shape index (κ1) is 14.2. The number of anilines is 1. The third kappa shape index (κ3) is 2.83. The Morgan fingerprint density at radius 2 is 1.81 bits per heavy atom. The van der Waals surface area contributed by atoms with Gasteiger partial charge in [-0.15, -0.1) is 0 Å². The standard InChI is InChI=1S/C16H22N2O3/c1-15(2)20-12-7-6-11(10-13(12)21-15)18-14(19)16(17)8-4-3-5-9-16/h6-7,10H,3-5,8-9,17H2,1-2H3,(H,18,19). The summed E-state index contributed by atoms with van der Waals surface area (Å²) < 4.78 is 11.3. The summed E-state index contributed by atoms with van der Waals surface area (Å²) in [5.41, 5.74) is 6.19. The molecule has 1 aliphatic heterocycles. The maximum Gasteiger partial charge on any atom is 0.246 e. The monoisotopic (exact) mass is 290 g/mol. The minimum Gasteiger partial charge on any atom is -0.449 e. The number of hydrogen-bond acceptors (Lipinski definition) is 4. The number of amides is 1. The second kappa shape index (κ2) is 4.91. The minimum atomic E-state index is -0.742. The Morgan fingerprint density at radius 1 is 1.14 bits per heavy atom. The van der Waals surface area contributed by atoms with Crippen molar-refractivity contribution in [3.63, 3.8) is 0 Å². The van der Waals surface area contributed by atoms with E-state index in [1.54, 1.807) is 6.07 Å². The molecule has 1 aromatic carbocycles. The molecule has 0 aromatic heterocycles. The van der Waals surface area contributed by atoms with Gasteiger partial charge in [-0.05, 0) is 25.0 Å². The molecule has 2 aliphatic rings.